The van der Waals surface area contributed by atoms with Gasteiger partial charge in [0.05, 0.1) is 32.7 Å². The van der Waals surface area contributed by atoms with E-state index in [4.69, 9.17) is 14.2 Å². The third-order valence-corrected chi connectivity index (χ3v) is 5.86. The fourth-order valence-corrected chi connectivity index (χ4v) is 4.14. The van der Waals surface area contributed by atoms with E-state index in [-0.39, 0.29) is 36.8 Å². The summed E-state index contributed by atoms with van der Waals surface area (Å²) in [6, 6.07) is 5.11. The van der Waals surface area contributed by atoms with Gasteiger partial charge in [-0.1, -0.05) is 0 Å². The molecule has 2 aliphatic rings. The molecule has 0 aliphatic carbocycles. The Bertz CT molecular complexity index is 1050. The van der Waals surface area contributed by atoms with E-state index in [0.717, 1.165) is 0 Å². The quantitative estimate of drug-likeness (QED) is 0.559. The van der Waals surface area contributed by atoms with Gasteiger partial charge in [0, 0.05) is 25.4 Å². The third kappa shape index (κ3) is 5.23. The fraction of sp³-hybridized carbons (Fsp3) is 0.350. The minimum absolute atomic E-state index is 0.0303. The molecule has 0 N–H and O–H groups in total. The number of hydrogen-bond donors (Lipinski definition) is 0. The maximum absolute atomic E-state index is 13.4. The first kappa shape index (κ1) is 22.3. The Hall–Kier alpha value is -3.34. The van der Waals surface area contributed by atoms with Gasteiger partial charge in [0.1, 0.15) is 18.0 Å². The molecular weight excluding hydrogens is 426 g/mol. The lowest BCUT2D eigenvalue weighted by atomic mass is 10.1. The number of rotatable bonds is 7. The van der Waals surface area contributed by atoms with E-state index in [1.807, 2.05) is 0 Å². The molecule has 0 saturated heterocycles. The van der Waals surface area contributed by atoms with Crippen LogP contribution in [0.2, 0.25) is 0 Å². The average Bonchev–Trinajstić information content (AvgIpc) is 2.76. The molecule has 11 heteroatoms. The highest BCUT2D eigenvalue weighted by Crippen LogP contribution is 2.25. The highest BCUT2D eigenvalue weighted by molar-refractivity contribution is 7.90. The van der Waals surface area contributed by atoms with Crippen LogP contribution in [0.3, 0.4) is 0 Å². The van der Waals surface area contributed by atoms with Gasteiger partial charge in [-0.15, -0.1) is 4.40 Å². The van der Waals surface area contributed by atoms with Crippen LogP contribution in [0.15, 0.2) is 46.5 Å². The second-order valence-electron chi connectivity index (χ2n) is 6.77. The molecule has 1 aromatic carbocycles. The molecule has 0 atom stereocenters. The monoisotopic (exact) mass is 449 g/mol. The van der Waals surface area contributed by atoms with E-state index in [1.54, 1.807) is 35.4 Å². The summed E-state index contributed by atoms with van der Waals surface area (Å²) in [5.74, 6) is -0.237. The molecule has 0 aromatic heterocycles. The maximum Gasteiger partial charge on any atom is 0.325 e. The lowest BCUT2D eigenvalue weighted by Crippen LogP contribution is -2.44. The van der Waals surface area contributed by atoms with E-state index >= 15 is 0 Å². The molecule has 0 unspecified atom stereocenters. The first-order valence-electron chi connectivity index (χ1n) is 9.32. The van der Waals surface area contributed by atoms with Crippen molar-refractivity contribution in [1.82, 2.24) is 9.80 Å². The van der Waals surface area contributed by atoms with Crippen LogP contribution >= 0.6 is 0 Å². The molecule has 0 saturated carbocycles. The predicted octanol–water partition coefficient (Wildman–Crippen LogP) is 0.703. The second-order valence-corrected chi connectivity index (χ2v) is 8.53. The van der Waals surface area contributed by atoms with Crippen LogP contribution in [0.1, 0.15) is 5.56 Å². The molecule has 3 rings (SSSR count). The Morgan fingerprint density at radius 1 is 1.13 bits per heavy atom. The highest BCUT2D eigenvalue weighted by Gasteiger charge is 2.33. The summed E-state index contributed by atoms with van der Waals surface area (Å²) >= 11 is 0. The number of carbonyl (C=O) groups excluding carboxylic acids is 2. The predicted molar refractivity (Wildman–Crippen MR) is 112 cm³/mol. The fourth-order valence-electron chi connectivity index (χ4n) is 3.15. The number of sulfonamides is 1. The summed E-state index contributed by atoms with van der Waals surface area (Å²) in [4.78, 5) is 28.2. The van der Waals surface area contributed by atoms with Crippen molar-refractivity contribution in [1.29, 1.82) is 0 Å². The Balaban J connectivity index is 1.96. The average molecular weight is 449 g/mol. The van der Waals surface area contributed by atoms with Crippen LogP contribution in [0.4, 0.5) is 0 Å². The van der Waals surface area contributed by atoms with Crippen LogP contribution in [0.5, 0.6) is 11.5 Å². The molecule has 31 heavy (non-hydrogen) atoms. The Morgan fingerprint density at radius 3 is 2.42 bits per heavy atom. The van der Waals surface area contributed by atoms with Crippen molar-refractivity contribution in [2.75, 3.05) is 40.2 Å². The van der Waals surface area contributed by atoms with E-state index in [0.29, 0.717) is 17.1 Å². The van der Waals surface area contributed by atoms with Gasteiger partial charge in [-0.3, -0.25) is 9.59 Å². The molecule has 1 aromatic rings. The summed E-state index contributed by atoms with van der Waals surface area (Å²) in [6.07, 6.45) is 4.77. The van der Waals surface area contributed by atoms with Crippen molar-refractivity contribution in [3.63, 3.8) is 0 Å². The first-order valence-corrected chi connectivity index (χ1v) is 10.9. The largest absolute Gasteiger partial charge is 0.497 e. The summed E-state index contributed by atoms with van der Waals surface area (Å²) in [6.45, 7) is -0.120. The van der Waals surface area contributed by atoms with Crippen molar-refractivity contribution in [2.24, 2.45) is 4.40 Å². The number of allylic oxidation sites excluding steroid dienone is 2. The molecule has 0 bridgehead atoms. The Labute approximate surface area is 180 Å². The zero-order chi connectivity index (χ0) is 22.6. The number of carbonyl (C=O) groups is 2. The number of amides is 1. The molecule has 0 radical (unpaired) electrons. The molecule has 2 heterocycles. The van der Waals surface area contributed by atoms with Crippen LogP contribution in [0, 0.1) is 0 Å². The molecule has 10 nitrogen and oxygen atoms in total. The number of methoxy groups -OCH3 is 3. The lowest BCUT2D eigenvalue weighted by molar-refractivity contribution is -0.146. The van der Waals surface area contributed by atoms with Gasteiger partial charge in [0.15, 0.2) is 5.84 Å². The number of amidine groups is 1. The van der Waals surface area contributed by atoms with Crippen LogP contribution in [-0.2, 0) is 30.9 Å². The van der Waals surface area contributed by atoms with E-state index < -0.39 is 21.9 Å². The van der Waals surface area contributed by atoms with Crippen molar-refractivity contribution >= 4 is 27.7 Å². The zero-order valence-electron chi connectivity index (χ0n) is 17.4. The van der Waals surface area contributed by atoms with Gasteiger partial charge in [-0.2, -0.15) is 0 Å². The van der Waals surface area contributed by atoms with Gasteiger partial charge in [-0.05, 0) is 29.8 Å². The van der Waals surface area contributed by atoms with Crippen LogP contribution in [0.25, 0.3) is 0 Å². The Morgan fingerprint density at radius 2 is 1.81 bits per heavy atom. The highest BCUT2D eigenvalue weighted by atomic mass is 32.2. The van der Waals surface area contributed by atoms with Crippen molar-refractivity contribution in [3.8, 4) is 11.5 Å². The van der Waals surface area contributed by atoms with Gasteiger partial charge in [-0.25, -0.2) is 8.42 Å². The SMILES string of the molecule is COC(=O)CN(Cc1cc(OC)cc(OC)c1)C(=O)C1=CC=CN2CCS(=O)(=O)N=C12. The number of benzene rings is 1. The number of ether oxygens (including phenoxy) is 3. The van der Waals surface area contributed by atoms with Gasteiger partial charge >= 0.3 is 5.97 Å². The van der Waals surface area contributed by atoms with Crippen LogP contribution < -0.4 is 9.47 Å². The smallest absolute Gasteiger partial charge is 0.325 e. The van der Waals surface area contributed by atoms with Gasteiger partial charge < -0.3 is 24.0 Å². The molecule has 0 spiro atoms. The van der Waals surface area contributed by atoms with Crippen molar-refractivity contribution in [3.05, 3.63) is 47.7 Å². The number of nitrogens with zero attached hydrogens (tertiary/aromatic N) is 3. The summed E-state index contributed by atoms with van der Waals surface area (Å²) in [5.41, 5.74) is 0.722. The lowest BCUT2D eigenvalue weighted by Gasteiger charge is -2.31. The maximum atomic E-state index is 13.4. The standard InChI is InChI=1S/C20H23N3O7S/c1-28-15-9-14(10-16(11-15)29-2)12-23(13-18(24)30-3)20(25)17-5-4-6-22-7-8-31(26,27)21-19(17)22/h4-6,9-11H,7-8,12-13H2,1-3H3. The minimum atomic E-state index is -3.67. The minimum Gasteiger partial charge on any atom is -0.497 e. The van der Waals surface area contributed by atoms with E-state index in [1.165, 1.54) is 32.3 Å². The topological polar surface area (TPSA) is 115 Å². The number of esters is 1. The normalized spacial score (nSPS) is 16.5. The molecule has 0 fully saturated rings. The molecule has 166 valence electrons. The summed E-state index contributed by atoms with van der Waals surface area (Å²) < 4.78 is 43.0. The zero-order valence-corrected chi connectivity index (χ0v) is 18.2. The molecular formula is C20H23N3O7S. The second kappa shape index (κ2) is 9.21. The third-order valence-electron chi connectivity index (χ3n) is 4.71. The van der Waals surface area contributed by atoms with Gasteiger partial charge in [0.2, 0.25) is 0 Å². The first-order chi connectivity index (χ1) is 14.8. The number of fused-ring (bicyclic) bond motifs is 1. The Kier molecular flexibility index (Phi) is 6.64. The number of hydrogen-bond acceptors (Lipinski definition) is 8. The molecule has 2 aliphatic heterocycles. The van der Waals surface area contributed by atoms with Crippen molar-refractivity contribution in [2.45, 2.75) is 6.54 Å². The summed E-state index contributed by atoms with van der Waals surface area (Å²) in [7, 11) is 0.561. The van der Waals surface area contributed by atoms with E-state index in [9.17, 15) is 18.0 Å². The van der Waals surface area contributed by atoms with E-state index in [2.05, 4.69) is 4.40 Å². The summed E-state index contributed by atoms with van der Waals surface area (Å²) in [5, 5.41) is 0. The van der Waals surface area contributed by atoms with Crippen LogP contribution in [-0.4, -0.2) is 76.1 Å². The van der Waals surface area contributed by atoms with Gasteiger partial charge in [0.25, 0.3) is 15.9 Å². The van der Waals surface area contributed by atoms with Crippen molar-refractivity contribution < 1.29 is 32.2 Å². The molecule has 1 amide bonds.